The predicted octanol–water partition coefficient (Wildman–Crippen LogP) is 0.781. The Hall–Kier alpha value is -0.120. The van der Waals surface area contributed by atoms with E-state index in [2.05, 4.69) is 38.2 Å². The molecule has 2 unspecified atom stereocenters. The molecule has 0 aromatic rings. The van der Waals surface area contributed by atoms with Gasteiger partial charge in [0.2, 0.25) is 0 Å². The molecule has 0 radical (unpaired) electrons. The fourth-order valence-corrected chi connectivity index (χ4v) is 1.16. The molecule has 10 heavy (non-hydrogen) atoms. The Balaban J connectivity index is 2.49. The Kier molecular flexibility index (Phi) is 2.28. The molecule has 1 saturated heterocycles. The quantitative estimate of drug-likeness (QED) is 0.588. The van der Waals surface area contributed by atoms with Crippen LogP contribution in [0.3, 0.4) is 0 Å². The Morgan fingerprint density at radius 1 is 1.50 bits per heavy atom. The molecule has 1 aliphatic heterocycles. The molecule has 1 fully saturated rings. The van der Waals surface area contributed by atoms with Gasteiger partial charge in [0.05, 0.1) is 6.17 Å². The van der Waals surface area contributed by atoms with E-state index in [-0.39, 0.29) is 6.23 Å². The van der Waals surface area contributed by atoms with E-state index in [0.717, 1.165) is 0 Å². The minimum absolute atomic E-state index is 0.231. The van der Waals surface area contributed by atoms with Crippen LogP contribution in [0.25, 0.3) is 0 Å². The Labute approximate surface area is 62.3 Å². The largest absolute Gasteiger partial charge is 0.281 e. The van der Waals surface area contributed by atoms with E-state index in [4.69, 9.17) is 4.84 Å². The van der Waals surface area contributed by atoms with Gasteiger partial charge in [0.1, 0.15) is 6.23 Å². The Bertz CT molecular complexity index is 116. The molecular weight excluding hydrogens is 128 g/mol. The van der Waals surface area contributed by atoms with Crippen LogP contribution in [0, 0.1) is 5.92 Å². The van der Waals surface area contributed by atoms with E-state index < -0.39 is 0 Å². The lowest BCUT2D eigenvalue weighted by Gasteiger charge is -2.21. The number of hydrogen-bond acceptors (Lipinski definition) is 3. The third-order valence-electron chi connectivity index (χ3n) is 1.94. The molecular formula is C7H16N2O. The van der Waals surface area contributed by atoms with Crippen molar-refractivity contribution < 1.29 is 4.84 Å². The fourth-order valence-electron chi connectivity index (χ4n) is 1.16. The molecule has 1 heterocycles. The van der Waals surface area contributed by atoms with Crippen molar-refractivity contribution in [3.8, 4) is 0 Å². The highest BCUT2D eigenvalue weighted by Crippen LogP contribution is 2.16. The molecule has 0 spiro atoms. The number of hydroxylamine groups is 1. The third-order valence-corrected chi connectivity index (χ3v) is 1.94. The van der Waals surface area contributed by atoms with Crippen LogP contribution < -0.4 is 5.48 Å². The molecule has 1 aliphatic rings. The van der Waals surface area contributed by atoms with Crippen LogP contribution >= 0.6 is 0 Å². The van der Waals surface area contributed by atoms with Gasteiger partial charge in [0.15, 0.2) is 0 Å². The SMILES string of the molecule is CC(C)C1ONC(C)N1C. The summed E-state index contributed by atoms with van der Waals surface area (Å²) < 4.78 is 0. The van der Waals surface area contributed by atoms with Crippen LogP contribution in [-0.2, 0) is 4.84 Å². The first-order valence-electron chi connectivity index (χ1n) is 3.76. The molecule has 0 aromatic carbocycles. The van der Waals surface area contributed by atoms with Crippen LogP contribution in [0.5, 0.6) is 0 Å². The Morgan fingerprint density at radius 3 is 2.30 bits per heavy atom. The second-order valence-electron chi connectivity index (χ2n) is 3.21. The first-order chi connectivity index (χ1) is 4.63. The van der Waals surface area contributed by atoms with E-state index in [9.17, 15) is 0 Å². The molecule has 1 rings (SSSR count). The van der Waals surface area contributed by atoms with Crippen LogP contribution in [0.15, 0.2) is 0 Å². The summed E-state index contributed by atoms with van der Waals surface area (Å²) in [6.45, 7) is 6.39. The number of nitrogens with one attached hydrogen (secondary N) is 1. The van der Waals surface area contributed by atoms with Crippen LogP contribution in [0.1, 0.15) is 20.8 Å². The lowest BCUT2D eigenvalue weighted by molar-refractivity contribution is -0.0318. The molecule has 2 atom stereocenters. The molecule has 1 N–H and O–H groups in total. The van der Waals surface area contributed by atoms with Gasteiger partial charge in [-0.2, -0.15) is 5.48 Å². The summed E-state index contributed by atoms with van der Waals surface area (Å²) in [5.74, 6) is 0.544. The molecule has 60 valence electrons. The van der Waals surface area contributed by atoms with E-state index in [0.29, 0.717) is 12.1 Å². The molecule has 0 bridgehead atoms. The van der Waals surface area contributed by atoms with Crippen molar-refractivity contribution in [3.63, 3.8) is 0 Å². The summed E-state index contributed by atoms with van der Waals surface area (Å²) in [5, 5.41) is 0. The smallest absolute Gasteiger partial charge is 0.135 e. The lowest BCUT2D eigenvalue weighted by Crippen LogP contribution is -2.35. The maximum absolute atomic E-state index is 5.31. The fraction of sp³-hybridized carbons (Fsp3) is 1.00. The van der Waals surface area contributed by atoms with Gasteiger partial charge in [-0.1, -0.05) is 13.8 Å². The normalized spacial score (nSPS) is 35.7. The van der Waals surface area contributed by atoms with Crippen molar-refractivity contribution in [2.45, 2.75) is 33.2 Å². The van der Waals surface area contributed by atoms with Crippen molar-refractivity contribution in [2.24, 2.45) is 5.92 Å². The second-order valence-corrected chi connectivity index (χ2v) is 3.21. The van der Waals surface area contributed by atoms with E-state index in [1.54, 1.807) is 0 Å². The first kappa shape index (κ1) is 7.98. The molecule has 0 aliphatic carbocycles. The Morgan fingerprint density at radius 2 is 2.10 bits per heavy atom. The summed E-state index contributed by atoms with van der Waals surface area (Å²) >= 11 is 0. The summed E-state index contributed by atoms with van der Waals surface area (Å²) in [7, 11) is 2.06. The average molecular weight is 144 g/mol. The minimum atomic E-state index is 0.231. The van der Waals surface area contributed by atoms with Crippen molar-refractivity contribution in [3.05, 3.63) is 0 Å². The average Bonchev–Trinajstić information content (AvgIpc) is 2.14. The lowest BCUT2D eigenvalue weighted by atomic mass is 10.2. The van der Waals surface area contributed by atoms with E-state index in [1.165, 1.54) is 0 Å². The number of rotatable bonds is 1. The van der Waals surface area contributed by atoms with Gasteiger partial charge < -0.3 is 0 Å². The van der Waals surface area contributed by atoms with Crippen LogP contribution in [0.4, 0.5) is 0 Å². The van der Waals surface area contributed by atoms with Gasteiger partial charge in [-0.25, -0.2) is 0 Å². The van der Waals surface area contributed by atoms with Gasteiger partial charge in [-0.15, -0.1) is 0 Å². The zero-order chi connectivity index (χ0) is 7.72. The van der Waals surface area contributed by atoms with Gasteiger partial charge in [0, 0.05) is 0 Å². The van der Waals surface area contributed by atoms with Gasteiger partial charge in [-0.3, -0.25) is 9.74 Å². The molecule has 0 aromatic heterocycles. The summed E-state index contributed by atoms with van der Waals surface area (Å²) in [4.78, 5) is 7.50. The molecule has 0 saturated carbocycles. The topological polar surface area (TPSA) is 24.5 Å². The molecule has 3 nitrogen and oxygen atoms in total. The zero-order valence-electron chi connectivity index (χ0n) is 7.09. The maximum atomic E-state index is 5.31. The molecule has 3 heteroatoms. The highest BCUT2D eigenvalue weighted by molar-refractivity contribution is 4.70. The van der Waals surface area contributed by atoms with Crippen molar-refractivity contribution >= 4 is 0 Å². The first-order valence-corrected chi connectivity index (χ1v) is 3.76. The number of hydrogen-bond donors (Lipinski definition) is 1. The van der Waals surface area contributed by atoms with Gasteiger partial charge in [0.25, 0.3) is 0 Å². The molecule has 0 amide bonds. The van der Waals surface area contributed by atoms with Crippen LogP contribution in [0.2, 0.25) is 0 Å². The number of nitrogens with zero attached hydrogens (tertiary/aromatic N) is 1. The third kappa shape index (κ3) is 1.31. The summed E-state index contributed by atoms with van der Waals surface area (Å²) in [6, 6.07) is 0. The van der Waals surface area contributed by atoms with Gasteiger partial charge >= 0.3 is 0 Å². The van der Waals surface area contributed by atoms with Crippen molar-refractivity contribution in [2.75, 3.05) is 7.05 Å². The summed E-state index contributed by atoms with van der Waals surface area (Å²) in [6.07, 6.45) is 0.572. The van der Waals surface area contributed by atoms with E-state index in [1.807, 2.05) is 0 Å². The standard InChI is InChI=1S/C7H16N2O/c1-5(2)7-9(4)6(3)8-10-7/h5-8H,1-4H3. The van der Waals surface area contributed by atoms with Gasteiger partial charge in [-0.05, 0) is 19.9 Å². The second kappa shape index (κ2) is 2.86. The van der Waals surface area contributed by atoms with E-state index >= 15 is 0 Å². The monoisotopic (exact) mass is 144 g/mol. The summed E-state index contributed by atoms with van der Waals surface area (Å²) in [5.41, 5.74) is 2.93. The van der Waals surface area contributed by atoms with Crippen molar-refractivity contribution in [1.82, 2.24) is 10.4 Å². The highest BCUT2D eigenvalue weighted by Gasteiger charge is 2.29. The minimum Gasteiger partial charge on any atom is -0.281 e. The van der Waals surface area contributed by atoms with Crippen molar-refractivity contribution in [1.29, 1.82) is 0 Å². The highest BCUT2D eigenvalue weighted by atomic mass is 16.7. The maximum Gasteiger partial charge on any atom is 0.135 e. The predicted molar refractivity (Wildman–Crippen MR) is 40.1 cm³/mol. The zero-order valence-corrected chi connectivity index (χ0v) is 7.09. The van der Waals surface area contributed by atoms with Crippen LogP contribution in [-0.4, -0.2) is 24.3 Å².